The number of rotatable bonds is 6. The molecule has 0 amide bonds. The Morgan fingerprint density at radius 2 is 2.07 bits per heavy atom. The summed E-state index contributed by atoms with van der Waals surface area (Å²) in [5.41, 5.74) is 9.55. The third-order valence-electron chi connectivity index (χ3n) is 3.94. The first-order valence-corrected chi connectivity index (χ1v) is 8.25. The summed E-state index contributed by atoms with van der Waals surface area (Å²) in [7, 11) is 0. The molecule has 134 valence electrons. The minimum atomic E-state index is 0.0780. The van der Waals surface area contributed by atoms with Crippen LogP contribution in [0.25, 0.3) is 28.3 Å². The summed E-state index contributed by atoms with van der Waals surface area (Å²) in [5, 5.41) is 16.9. The van der Waals surface area contributed by atoms with Crippen LogP contribution < -0.4 is 5.73 Å². The third-order valence-corrected chi connectivity index (χ3v) is 3.94. The van der Waals surface area contributed by atoms with E-state index in [0.717, 1.165) is 22.5 Å². The summed E-state index contributed by atoms with van der Waals surface area (Å²) in [6.45, 7) is 5.70. The van der Waals surface area contributed by atoms with E-state index in [2.05, 4.69) is 23.0 Å². The highest BCUT2D eigenvalue weighted by Gasteiger charge is 2.24. The van der Waals surface area contributed by atoms with Crippen LogP contribution >= 0.6 is 0 Å². The molecule has 0 saturated carbocycles. The predicted octanol–water partition coefficient (Wildman–Crippen LogP) is 3.85. The van der Waals surface area contributed by atoms with Gasteiger partial charge < -0.3 is 10.3 Å². The van der Waals surface area contributed by atoms with Gasteiger partial charge in [0.25, 0.3) is 0 Å². The number of nitriles is 1. The molecule has 2 aromatic heterocycles. The fraction of sp³-hybridized carbons (Fsp3) is 0.100. The molecule has 0 saturated heterocycles. The van der Waals surface area contributed by atoms with Crippen molar-refractivity contribution in [1.29, 1.82) is 5.26 Å². The largest absolute Gasteiger partial charge is 0.379 e. The Labute approximate surface area is 156 Å². The highest BCUT2D eigenvalue weighted by molar-refractivity contribution is 5.81. The number of nitrogens with two attached hydrogens (primary N) is 1. The Morgan fingerprint density at radius 1 is 1.30 bits per heavy atom. The molecule has 2 heterocycles. The molecule has 0 radical (unpaired) electrons. The van der Waals surface area contributed by atoms with Crippen LogP contribution in [-0.2, 0) is 6.54 Å². The van der Waals surface area contributed by atoms with E-state index in [9.17, 15) is 5.26 Å². The lowest BCUT2D eigenvalue weighted by Crippen LogP contribution is -2.03. The van der Waals surface area contributed by atoms with Crippen LogP contribution in [0.4, 0.5) is 5.82 Å². The number of hydrogen-bond acceptors (Lipinski definition) is 6. The van der Waals surface area contributed by atoms with Crippen molar-refractivity contribution in [3.8, 4) is 28.8 Å². The maximum atomic E-state index is 9.38. The molecule has 0 aliphatic heterocycles. The second kappa shape index (κ2) is 7.97. The smallest absolute Gasteiger partial charge is 0.199 e. The number of aromatic nitrogens is 4. The van der Waals surface area contributed by atoms with Gasteiger partial charge in [-0.2, -0.15) is 5.26 Å². The van der Waals surface area contributed by atoms with Crippen molar-refractivity contribution in [3.63, 3.8) is 0 Å². The molecular formula is C20H18N6O. The van der Waals surface area contributed by atoms with E-state index < -0.39 is 0 Å². The van der Waals surface area contributed by atoms with E-state index in [4.69, 9.17) is 15.3 Å². The minimum Gasteiger partial charge on any atom is -0.379 e. The number of allylic oxidation sites excluding steroid dienone is 5. The highest BCUT2D eigenvalue weighted by atomic mass is 16.6. The third kappa shape index (κ3) is 3.55. The number of nitrogen functional groups attached to an aromatic ring is 1. The maximum absolute atomic E-state index is 9.38. The van der Waals surface area contributed by atoms with E-state index in [-0.39, 0.29) is 12.4 Å². The van der Waals surface area contributed by atoms with Crippen LogP contribution in [0.1, 0.15) is 12.6 Å². The summed E-state index contributed by atoms with van der Waals surface area (Å²) in [6, 6.07) is 11.9. The highest BCUT2D eigenvalue weighted by Crippen LogP contribution is 2.34. The zero-order valence-electron chi connectivity index (χ0n) is 14.8. The molecule has 2 N–H and O–H groups in total. The number of nitrogens with zero attached hydrogens (tertiary/aromatic N) is 5. The van der Waals surface area contributed by atoms with Gasteiger partial charge >= 0.3 is 0 Å². The van der Waals surface area contributed by atoms with Crippen LogP contribution in [0.3, 0.4) is 0 Å². The van der Waals surface area contributed by atoms with E-state index in [1.54, 1.807) is 10.6 Å². The lowest BCUT2D eigenvalue weighted by molar-refractivity contribution is 0.310. The van der Waals surface area contributed by atoms with Crippen LogP contribution in [0.2, 0.25) is 0 Å². The van der Waals surface area contributed by atoms with E-state index >= 15 is 0 Å². The van der Waals surface area contributed by atoms with Gasteiger partial charge in [0.2, 0.25) is 0 Å². The summed E-state index contributed by atoms with van der Waals surface area (Å²) in [4.78, 5) is 4.73. The lowest BCUT2D eigenvalue weighted by atomic mass is 10.1. The van der Waals surface area contributed by atoms with Gasteiger partial charge in [-0.1, -0.05) is 61.2 Å². The molecule has 7 heteroatoms. The molecule has 0 fully saturated rings. The van der Waals surface area contributed by atoms with Gasteiger partial charge in [-0.05, 0) is 22.8 Å². The number of anilines is 1. The molecule has 0 unspecified atom stereocenters. The zero-order valence-corrected chi connectivity index (χ0v) is 14.8. The normalized spacial score (nSPS) is 11.6. The summed E-state index contributed by atoms with van der Waals surface area (Å²) < 4.78 is 6.50. The first kappa shape index (κ1) is 17.9. The second-order valence-electron chi connectivity index (χ2n) is 5.71. The van der Waals surface area contributed by atoms with Gasteiger partial charge in [0.15, 0.2) is 17.3 Å². The quantitative estimate of drug-likeness (QED) is 0.671. The molecule has 27 heavy (non-hydrogen) atoms. The SMILES string of the molecule is C=C/C=C\C=C(/C)c1nc(-c2nonc2N)n(CC#N)c1-c1ccccc1. The number of benzene rings is 1. The fourth-order valence-corrected chi connectivity index (χ4v) is 2.73. The Kier molecular flexibility index (Phi) is 5.28. The second-order valence-corrected chi connectivity index (χ2v) is 5.71. The molecule has 0 atom stereocenters. The standard InChI is InChI=1S/C20H18N6O/c1-3-4-6-9-14(2)16-18(15-10-7-5-8-11-15)26(13-12-21)20(23-16)17-19(22)25-27-24-17/h3-11H,1,13H2,2H3,(H2,22,25)/b6-4-,14-9+. The fourth-order valence-electron chi connectivity index (χ4n) is 2.73. The monoisotopic (exact) mass is 358 g/mol. The Hall–Kier alpha value is -3.92. The van der Waals surface area contributed by atoms with Crippen molar-refractivity contribution >= 4 is 11.4 Å². The first-order chi connectivity index (χ1) is 13.2. The molecule has 7 nitrogen and oxygen atoms in total. The zero-order chi connectivity index (χ0) is 19.2. The van der Waals surface area contributed by atoms with Crippen molar-refractivity contribution < 1.29 is 4.63 Å². The van der Waals surface area contributed by atoms with Crippen molar-refractivity contribution in [3.05, 3.63) is 66.9 Å². The summed E-state index contributed by atoms with van der Waals surface area (Å²) in [5.74, 6) is 0.558. The molecule has 0 bridgehead atoms. The Morgan fingerprint density at radius 3 is 2.70 bits per heavy atom. The molecule has 0 spiro atoms. The van der Waals surface area contributed by atoms with Gasteiger partial charge in [0, 0.05) is 5.56 Å². The molecule has 0 aliphatic carbocycles. The first-order valence-electron chi connectivity index (χ1n) is 8.25. The van der Waals surface area contributed by atoms with Gasteiger partial charge in [-0.25, -0.2) is 9.61 Å². The molecule has 3 aromatic rings. The van der Waals surface area contributed by atoms with Gasteiger partial charge in [-0.3, -0.25) is 0 Å². The van der Waals surface area contributed by atoms with Crippen molar-refractivity contribution in [2.24, 2.45) is 0 Å². The maximum Gasteiger partial charge on any atom is 0.199 e. The van der Waals surface area contributed by atoms with Crippen LogP contribution in [0, 0.1) is 11.3 Å². The van der Waals surface area contributed by atoms with Gasteiger partial charge in [0.05, 0.1) is 17.5 Å². The Bertz CT molecular complexity index is 1050. The molecule has 1 aromatic carbocycles. The van der Waals surface area contributed by atoms with Crippen LogP contribution in [-0.4, -0.2) is 19.9 Å². The lowest BCUT2D eigenvalue weighted by Gasteiger charge is -2.09. The predicted molar refractivity (Wildman–Crippen MR) is 104 cm³/mol. The van der Waals surface area contributed by atoms with Crippen molar-refractivity contribution in [1.82, 2.24) is 19.9 Å². The topological polar surface area (TPSA) is 107 Å². The van der Waals surface area contributed by atoms with Crippen LogP contribution in [0.5, 0.6) is 0 Å². The van der Waals surface area contributed by atoms with Gasteiger partial charge in [0.1, 0.15) is 6.54 Å². The summed E-state index contributed by atoms with van der Waals surface area (Å²) in [6.07, 6.45) is 7.34. The van der Waals surface area contributed by atoms with E-state index in [0.29, 0.717) is 11.5 Å². The van der Waals surface area contributed by atoms with Crippen LogP contribution in [0.15, 0.2) is 65.8 Å². The minimum absolute atomic E-state index is 0.0780. The molecule has 3 rings (SSSR count). The van der Waals surface area contributed by atoms with Crippen molar-refractivity contribution in [2.45, 2.75) is 13.5 Å². The summed E-state index contributed by atoms with van der Waals surface area (Å²) >= 11 is 0. The number of hydrogen-bond donors (Lipinski definition) is 1. The van der Waals surface area contributed by atoms with E-state index in [1.165, 1.54) is 0 Å². The Balaban J connectivity index is 2.30. The molecular weight excluding hydrogens is 340 g/mol. The van der Waals surface area contributed by atoms with Crippen molar-refractivity contribution in [2.75, 3.05) is 5.73 Å². The van der Waals surface area contributed by atoms with Gasteiger partial charge in [-0.15, -0.1) is 0 Å². The number of imidazole rings is 1. The average molecular weight is 358 g/mol. The van der Waals surface area contributed by atoms with E-state index in [1.807, 2.05) is 55.5 Å². The molecule has 0 aliphatic rings. The average Bonchev–Trinajstić information content (AvgIpc) is 3.26.